The second kappa shape index (κ2) is 5.55. The van der Waals surface area contributed by atoms with Gasteiger partial charge in [-0.1, -0.05) is 6.92 Å². The largest absolute Gasteiger partial charge is 0.396 e. The molecule has 0 radical (unpaired) electrons. The fourth-order valence-corrected chi connectivity index (χ4v) is 2.35. The fraction of sp³-hybridized carbons (Fsp3) is 0.455. The minimum absolute atomic E-state index is 0.209. The molecule has 1 rings (SSSR count). The average molecular weight is 252 g/mol. The van der Waals surface area contributed by atoms with E-state index in [0.29, 0.717) is 22.0 Å². The third-order valence-corrected chi connectivity index (χ3v) is 3.56. The van der Waals surface area contributed by atoms with Crippen molar-refractivity contribution in [2.45, 2.75) is 13.3 Å². The molecule has 0 saturated heterocycles. The molecule has 1 amide bonds. The minimum Gasteiger partial charge on any atom is -0.396 e. The van der Waals surface area contributed by atoms with Crippen molar-refractivity contribution in [1.29, 1.82) is 5.26 Å². The third-order valence-electron chi connectivity index (χ3n) is 2.19. The average Bonchev–Trinajstić information content (AvgIpc) is 2.63. The lowest BCUT2D eigenvalue weighted by Gasteiger charge is -2.08. The maximum atomic E-state index is 11.8. The van der Waals surface area contributed by atoms with Gasteiger partial charge in [0, 0.05) is 20.6 Å². The predicted octanol–water partition coefficient (Wildman–Crippen LogP) is 1.41. The summed E-state index contributed by atoms with van der Waals surface area (Å²) in [5.41, 5.74) is 6.48. The van der Waals surface area contributed by atoms with Crippen molar-refractivity contribution >= 4 is 27.9 Å². The van der Waals surface area contributed by atoms with Gasteiger partial charge in [0.1, 0.15) is 21.5 Å². The van der Waals surface area contributed by atoms with Crippen LogP contribution in [0, 0.1) is 11.3 Å². The topological polar surface area (TPSA) is 82.2 Å². The first-order valence-electron chi connectivity index (χ1n) is 5.30. The number of carbonyl (C=O) groups is 1. The summed E-state index contributed by atoms with van der Waals surface area (Å²) < 4.78 is 0. The number of nitriles is 1. The number of thiophene rings is 1. The molecule has 0 aromatic carbocycles. The lowest BCUT2D eigenvalue weighted by molar-refractivity contribution is 0.0958. The highest BCUT2D eigenvalue weighted by molar-refractivity contribution is 7.19. The summed E-state index contributed by atoms with van der Waals surface area (Å²) in [6.45, 7) is 2.58. The Morgan fingerprint density at radius 3 is 2.65 bits per heavy atom. The van der Waals surface area contributed by atoms with E-state index in [1.54, 1.807) is 4.90 Å². The summed E-state index contributed by atoms with van der Waals surface area (Å²) in [4.78, 5) is 14.0. The Kier molecular flexibility index (Phi) is 4.35. The van der Waals surface area contributed by atoms with E-state index in [4.69, 9.17) is 11.0 Å². The first kappa shape index (κ1) is 13.3. The number of hydrogen-bond donors (Lipinski definition) is 2. The van der Waals surface area contributed by atoms with Crippen molar-refractivity contribution < 1.29 is 4.79 Å². The number of nitrogens with two attached hydrogens (primary N) is 1. The molecule has 17 heavy (non-hydrogen) atoms. The normalized spacial score (nSPS) is 9.76. The molecule has 1 aromatic rings. The van der Waals surface area contributed by atoms with Gasteiger partial charge in [-0.2, -0.15) is 5.26 Å². The molecule has 0 aliphatic heterocycles. The first-order valence-corrected chi connectivity index (χ1v) is 6.12. The molecule has 0 unspecified atom stereocenters. The number of nitrogen functional groups attached to an aromatic ring is 1. The van der Waals surface area contributed by atoms with E-state index in [9.17, 15) is 4.79 Å². The molecule has 0 fully saturated rings. The van der Waals surface area contributed by atoms with E-state index in [-0.39, 0.29) is 11.6 Å². The molecule has 0 bridgehead atoms. The molecule has 1 heterocycles. The van der Waals surface area contributed by atoms with Crippen LogP contribution in [0.25, 0.3) is 0 Å². The van der Waals surface area contributed by atoms with Crippen molar-refractivity contribution in [3.8, 4) is 6.07 Å². The van der Waals surface area contributed by atoms with Gasteiger partial charge in [-0.25, -0.2) is 0 Å². The summed E-state index contributed by atoms with van der Waals surface area (Å²) in [5, 5.41) is 12.5. The van der Waals surface area contributed by atoms with Crippen LogP contribution in [0.15, 0.2) is 0 Å². The number of amides is 1. The highest BCUT2D eigenvalue weighted by Gasteiger charge is 2.21. The third kappa shape index (κ3) is 2.68. The summed E-state index contributed by atoms with van der Waals surface area (Å²) >= 11 is 1.24. The Labute approximate surface area is 105 Å². The van der Waals surface area contributed by atoms with Crippen molar-refractivity contribution in [3.05, 3.63) is 10.4 Å². The zero-order valence-corrected chi connectivity index (χ0v) is 11.0. The van der Waals surface area contributed by atoms with Gasteiger partial charge in [-0.3, -0.25) is 4.79 Å². The van der Waals surface area contributed by atoms with Crippen molar-refractivity contribution in [3.63, 3.8) is 0 Å². The fourth-order valence-electron chi connectivity index (χ4n) is 1.34. The quantitative estimate of drug-likeness (QED) is 0.848. The van der Waals surface area contributed by atoms with Crippen molar-refractivity contribution in [2.24, 2.45) is 0 Å². The Morgan fingerprint density at radius 1 is 1.59 bits per heavy atom. The minimum atomic E-state index is -0.209. The van der Waals surface area contributed by atoms with Gasteiger partial charge >= 0.3 is 0 Å². The standard InChI is InChI=1S/C11H16N4OS/c1-4-5-14-10(16)9-8(13)7(6-12)11(17-9)15(2)3/h4-5,13H2,1-3H3,(H,14,16). The van der Waals surface area contributed by atoms with Crippen molar-refractivity contribution in [2.75, 3.05) is 31.3 Å². The van der Waals surface area contributed by atoms with E-state index < -0.39 is 0 Å². The van der Waals surface area contributed by atoms with Gasteiger partial charge < -0.3 is 16.0 Å². The van der Waals surface area contributed by atoms with Crippen LogP contribution in [0.5, 0.6) is 0 Å². The lowest BCUT2D eigenvalue weighted by Crippen LogP contribution is -2.23. The van der Waals surface area contributed by atoms with Gasteiger partial charge in [-0.15, -0.1) is 11.3 Å². The van der Waals surface area contributed by atoms with Crippen LogP contribution in [0.2, 0.25) is 0 Å². The maximum absolute atomic E-state index is 11.8. The molecular weight excluding hydrogens is 236 g/mol. The van der Waals surface area contributed by atoms with E-state index in [2.05, 4.69) is 5.32 Å². The molecule has 6 heteroatoms. The molecule has 5 nitrogen and oxygen atoms in total. The molecule has 0 aliphatic carbocycles. The molecule has 0 aliphatic rings. The molecule has 0 spiro atoms. The zero-order valence-electron chi connectivity index (χ0n) is 10.2. The summed E-state index contributed by atoms with van der Waals surface area (Å²) in [5.74, 6) is -0.209. The highest BCUT2D eigenvalue weighted by atomic mass is 32.1. The van der Waals surface area contributed by atoms with Gasteiger partial charge in [-0.05, 0) is 6.42 Å². The smallest absolute Gasteiger partial charge is 0.263 e. The number of anilines is 2. The van der Waals surface area contributed by atoms with Crippen molar-refractivity contribution in [1.82, 2.24) is 5.32 Å². The van der Waals surface area contributed by atoms with Crippen LogP contribution < -0.4 is 16.0 Å². The van der Waals surface area contributed by atoms with E-state index in [1.807, 2.05) is 27.1 Å². The highest BCUT2D eigenvalue weighted by Crippen LogP contribution is 2.36. The number of carbonyl (C=O) groups excluding carboxylic acids is 1. The summed E-state index contributed by atoms with van der Waals surface area (Å²) in [6.07, 6.45) is 0.864. The second-order valence-electron chi connectivity index (χ2n) is 3.79. The molecule has 3 N–H and O–H groups in total. The molecular formula is C11H16N4OS. The van der Waals surface area contributed by atoms with E-state index >= 15 is 0 Å². The molecule has 0 saturated carbocycles. The molecule has 1 aromatic heterocycles. The monoisotopic (exact) mass is 252 g/mol. The Hall–Kier alpha value is -1.74. The van der Waals surface area contributed by atoms with Crippen LogP contribution >= 0.6 is 11.3 Å². The molecule has 92 valence electrons. The van der Waals surface area contributed by atoms with E-state index in [1.165, 1.54) is 11.3 Å². The number of nitrogens with one attached hydrogen (secondary N) is 1. The Morgan fingerprint density at radius 2 is 2.24 bits per heavy atom. The maximum Gasteiger partial charge on any atom is 0.263 e. The number of rotatable bonds is 4. The lowest BCUT2D eigenvalue weighted by atomic mass is 10.2. The second-order valence-corrected chi connectivity index (χ2v) is 4.79. The number of hydrogen-bond acceptors (Lipinski definition) is 5. The van der Waals surface area contributed by atoms with E-state index in [0.717, 1.165) is 6.42 Å². The summed E-state index contributed by atoms with van der Waals surface area (Å²) in [7, 11) is 3.64. The van der Waals surface area contributed by atoms with Gasteiger partial charge in [0.25, 0.3) is 5.91 Å². The van der Waals surface area contributed by atoms with Gasteiger partial charge in [0.15, 0.2) is 0 Å². The Balaban J connectivity index is 3.10. The number of nitrogens with zero attached hydrogens (tertiary/aromatic N) is 2. The summed E-state index contributed by atoms with van der Waals surface area (Å²) in [6, 6.07) is 2.04. The predicted molar refractivity (Wildman–Crippen MR) is 70.4 cm³/mol. The van der Waals surface area contributed by atoms with Crippen LogP contribution in [0.1, 0.15) is 28.6 Å². The first-order chi connectivity index (χ1) is 8.02. The van der Waals surface area contributed by atoms with Gasteiger partial charge in [0.2, 0.25) is 0 Å². The van der Waals surface area contributed by atoms with Crippen LogP contribution in [-0.2, 0) is 0 Å². The SMILES string of the molecule is CCCNC(=O)c1sc(N(C)C)c(C#N)c1N. The molecule has 0 atom stereocenters. The van der Waals surface area contributed by atoms with Gasteiger partial charge in [0.05, 0.1) is 5.69 Å². The van der Waals surface area contributed by atoms with Crippen LogP contribution in [-0.4, -0.2) is 26.5 Å². The Bertz CT molecular complexity index is 459. The zero-order chi connectivity index (χ0) is 13.0. The van der Waals surface area contributed by atoms with Crippen LogP contribution in [0.4, 0.5) is 10.7 Å². The van der Waals surface area contributed by atoms with Crippen LogP contribution in [0.3, 0.4) is 0 Å².